The number of benzene rings is 2. The van der Waals surface area contributed by atoms with Crippen molar-refractivity contribution < 1.29 is 0 Å². The van der Waals surface area contributed by atoms with E-state index in [-0.39, 0.29) is 5.69 Å². The molecule has 8 heteroatoms. The highest BCUT2D eigenvalue weighted by Crippen LogP contribution is 2.29. The SMILES string of the molecule is C#CCCc1nc(=O)[nH]n1Cc1ccc(-c2ccccc2-c2nn[nH]n2)cc1. The molecular formula is C20H17N7O. The molecule has 0 saturated carbocycles. The highest BCUT2D eigenvalue weighted by atomic mass is 16.1. The number of tetrazole rings is 1. The summed E-state index contributed by atoms with van der Waals surface area (Å²) in [5, 5.41) is 17.0. The lowest BCUT2D eigenvalue weighted by Crippen LogP contribution is -2.09. The first-order chi connectivity index (χ1) is 13.7. The van der Waals surface area contributed by atoms with Gasteiger partial charge in [0.1, 0.15) is 5.82 Å². The van der Waals surface area contributed by atoms with Gasteiger partial charge in [-0.1, -0.05) is 48.5 Å². The smallest absolute Gasteiger partial charge is 0.266 e. The van der Waals surface area contributed by atoms with Crippen LogP contribution in [0, 0.1) is 12.3 Å². The van der Waals surface area contributed by atoms with Gasteiger partial charge in [-0.2, -0.15) is 10.2 Å². The van der Waals surface area contributed by atoms with Crippen molar-refractivity contribution in [2.45, 2.75) is 19.4 Å². The number of nitrogens with zero attached hydrogens (tertiary/aromatic N) is 5. The summed E-state index contributed by atoms with van der Waals surface area (Å²) in [6.45, 7) is 0.516. The molecule has 0 radical (unpaired) electrons. The number of aryl methyl sites for hydroxylation is 1. The van der Waals surface area contributed by atoms with E-state index >= 15 is 0 Å². The quantitative estimate of drug-likeness (QED) is 0.505. The standard InChI is InChI=1S/C20H17N7O/c1-2-3-8-18-21-20(28)24-27(18)13-14-9-11-15(12-10-14)16-6-4-5-7-17(16)19-22-25-26-23-19/h1,4-7,9-12H,3,8,13H2,(H,24,28)(H,22,23,25,26). The van der Waals surface area contributed by atoms with Gasteiger partial charge in [-0.05, 0) is 21.9 Å². The highest BCUT2D eigenvalue weighted by Gasteiger charge is 2.11. The van der Waals surface area contributed by atoms with E-state index in [2.05, 4.69) is 36.6 Å². The average molecular weight is 371 g/mol. The third-order valence-electron chi connectivity index (χ3n) is 4.38. The van der Waals surface area contributed by atoms with Crippen LogP contribution in [0.3, 0.4) is 0 Å². The summed E-state index contributed by atoms with van der Waals surface area (Å²) in [5.74, 6) is 3.78. The first-order valence-electron chi connectivity index (χ1n) is 8.76. The van der Waals surface area contributed by atoms with Crippen LogP contribution in [0.2, 0.25) is 0 Å². The summed E-state index contributed by atoms with van der Waals surface area (Å²) < 4.78 is 1.74. The Balaban J connectivity index is 1.60. The molecule has 0 aliphatic carbocycles. The summed E-state index contributed by atoms with van der Waals surface area (Å²) in [6.07, 6.45) is 6.41. The number of aromatic amines is 2. The minimum atomic E-state index is -0.363. The van der Waals surface area contributed by atoms with Crippen molar-refractivity contribution in [3.05, 3.63) is 70.4 Å². The molecule has 0 atom stereocenters. The van der Waals surface area contributed by atoms with E-state index in [1.807, 2.05) is 48.5 Å². The van der Waals surface area contributed by atoms with E-state index in [1.54, 1.807) is 4.68 Å². The monoisotopic (exact) mass is 371 g/mol. The van der Waals surface area contributed by atoms with Gasteiger partial charge in [0.05, 0.1) is 6.54 Å². The maximum Gasteiger partial charge on any atom is 0.361 e. The Hall–Kier alpha value is -3.99. The Morgan fingerprint density at radius 3 is 2.57 bits per heavy atom. The number of aromatic nitrogens is 7. The van der Waals surface area contributed by atoms with Gasteiger partial charge in [-0.25, -0.2) is 9.89 Å². The number of nitrogens with one attached hydrogen (secondary N) is 2. The molecule has 0 aliphatic rings. The second kappa shape index (κ2) is 7.72. The second-order valence-corrected chi connectivity index (χ2v) is 6.21. The van der Waals surface area contributed by atoms with Crippen molar-refractivity contribution in [1.29, 1.82) is 0 Å². The Kier molecular flexibility index (Phi) is 4.80. The van der Waals surface area contributed by atoms with E-state index in [0.29, 0.717) is 31.0 Å². The molecule has 0 amide bonds. The predicted octanol–water partition coefficient (Wildman–Crippen LogP) is 2.03. The molecule has 2 aromatic carbocycles. The largest absolute Gasteiger partial charge is 0.361 e. The fourth-order valence-corrected chi connectivity index (χ4v) is 3.07. The van der Waals surface area contributed by atoms with E-state index in [9.17, 15) is 4.79 Å². The fraction of sp³-hybridized carbons (Fsp3) is 0.150. The molecule has 0 bridgehead atoms. The zero-order valence-electron chi connectivity index (χ0n) is 15.0. The first-order valence-corrected chi connectivity index (χ1v) is 8.76. The van der Waals surface area contributed by atoms with E-state index in [4.69, 9.17) is 6.42 Å². The number of H-pyrrole nitrogens is 2. The second-order valence-electron chi connectivity index (χ2n) is 6.21. The molecule has 0 saturated heterocycles. The normalized spacial score (nSPS) is 10.7. The van der Waals surface area contributed by atoms with E-state index < -0.39 is 0 Å². The Morgan fingerprint density at radius 1 is 1.07 bits per heavy atom. The topological polar surface area (TPSA) is 105 Å². The molecule has 4 aromatic rings. The van der Waals surface area contributed by atoms with Crippen LogP contribution in [0.15, 0.2) is 53.3 Å². The van der Waals surface area contributed by atoms with Gasteiger partial charge >= 0.3 is 5.69 Å². The number of rotatable bonds is 6. The summed E-state index contributed by atoms with van der Waals surface area (Å²) in [4.78, 5) is 15.6. The van der Waals surface area contributed by atoms with Crippen LogP contribution >= 0.6 is 0 Å². The van der Waals surface area contributed by atoms with Crippen LogP contribution in [0.25, 0.3) is 22.5 Å². The van der Waals surface area contributed by atoms with Gasteiger partial charge in [-0.3, -0.25) is 4.68 Å². The molecule has 0 unspecified atom stereocenters. The van der Waals surface area contributed by atoms with Gasteiger partial charge < -0.3 is 0 Å². The molecule has 2 aromatic heterocycles. The Labute approximate surface area is 160 Å². The van der Waals surface area contributed by atoms with Crippen molar-refractivity contribution in [3.63, 3.8) is 0 Å². The molecule has 8 nitrogen and oxygen atoms in total. The summed E-state index contributed by atoms with van der Waals surface area (Å²) in [6, 6.07) is 16.0. The number of hydrogen-bond acceptors (Lipinski definition) is 5. The zero-order valence-corrected chi connectivity index (χ0v) is 15.0. The molecule has 2 heterocycles. The average Bonchev–Trinajstić information content (AvgIpc) is 3.37. The first kappa shape index (κ1) is 17.4. The molecule has 0 fully saturated rings. The van der Waals surface area contributed by atoms with E-state index in [1.165, 1.54) is 0 Å². The van der Waals surface area contributed by atoms with Crippen molar-refractivity contribution in [2.75, 3.05) is 0 Å². The maximum atomic E-state index is 11.6. The highest BCUT2D eigenvalue weighted by molar-refractivity contribution is 5.80. The molecule has 28 heavy (non-hydrogen) atoms. The molecule has 2 N–H and O–H groups in total. The van der Waals surface area contributed by atoms with Gasteiger partial charge in [0.15, 0.2) is 0 Å². The van der Waals surface area contributed by atoms with Crippen LogP contribution in [0.4, 0.5) is 0 Å². The van der Waals surface area contributed by atoms with E-state index in [0.717, 1.165) is 22.3 Å². The van der Waals surface area contributed by atoms with Gasteiger partial charge in [0, 0.05) is 18.4 Å². The maximum absolute atomic E-state index is 11.6. The molecule has 0 spiro atoms. The third kappa shape index (κ3) is 3.59. The van der Waals surface area contributed by atoms with Gasteiger partial charge in [0.2, 0.25) is 5.82 Å². The predicted molar refractivity (Wildman–Crippen MR) is 104 cm³/mol. The van der Waals surface area contributed by atoms with Crippen molar-refractivity contribution >= 4 is 0 Å². The minimum absolute atomic E-state index is 0.363. The van der Waals surface area contributed by atoms with Crippen LogP contribution in [-0.2, 0) is 13.0 Å². The van der Waals surface area contributed by atoms with Crippen LogP contribution in [0.1, 0.15) is 17.8 Å². The van der Waals surface area contributed by atoms with Gasteiger partial charge in [0.25, 0.3) is 0 Å². The number of terminal acetylenes is 1. The molecule has 138 valence electrons. The third-order valence-corrected chi connectivity index (χ3v) is 4.38. The summed E-state index contributed by atoms with van der Waals surface area (Å²) >= 11 is 0. The van der Waals surface area contributed by atoms with Crippen LogP contribution in [0.5, 0.6) is 0 Å². The van der Waals surface area contributed by atoms with Gasteiger partial charge in [-0.15, -0.1) is 22.5 Å². The molecule has 4 rings (SSSR count). The molecular weight excluding hydrogens is 354 g/mol. The fourth-order valence-electron chi connectivity index (χ4n) is 3.07. The minimum Gasteiger partial charge on any atom is -0.266 e. The Bertz CT molecular complexity index is 1160. The summed E-state index contributed by atoms with van der Waals surface area (Å²) in [5.41, 5.74) is 3.63. The lowest BCUT2D eigenvalue weighted by molar-refractivity contribution is 0.634. The van der Waals surface area contributed by atoms with Crippen LogP contribution < -0.4 is 5.69 Å². The van der Waals surface area contributed by atoms with Crippen LogP contribution in [-0.4, -0.2) is 35.4 Å². The number of hydrogen-bond donors (Lipinski definition) is 2. The van der Waals surface area contributed by atoms with Crippen molar-refractivity contribution in [1.82, 2.24) is 35.4 Å². The zero-order chi connectivity index (χ0) is 19.3. The lowest BCUT2D eigenvalue weighted by atomic mass is 9.98. The molecule has 0 aliphatic heterocycles. The summed E-state index contributed by atoms with van der Waals surface area (Å²) in [7, 11) is 0. The van der Waals surface area contributed by atoms with Crippen molar-refractivity contribution in [3.8, 4) is 34.9 Å². The van der Waals surface area contributed by atoms with Crippen molar-refractivity contribution in [2.24, 2.45) is 0 Å². The lowest BCUT2D eigenvalue weighted by Gasteiger charge is -2.09. The Morgan fingerprint density at radius 2 is 1.86 bits per heavy atom.